The molecular formula is C41H42N2O5. The highest BCUT2D eigenvalue weighted by atomic mass is 16.3. The highest BCUT2D eigenvalue weighted by molar-refractivity contribution is 6.22. The molecule has 0 radical (unpaired) electrons. The molecule has 1 heterocycles. The van der Waals surface area contributed by atoms with E-state index in [-0.39, 0.29) is 24.2 Å². The number of phenols is 1. The number of benzene rings is 4. The van der Waals surface area contributed by atoms with E-state index in [4.69, 9.17) is 0 Å². The zero-order valence-electron chi connectivity index (χ0n) is 27.1. The van der Waals surface area contributed by atoms with Crippen molar-refractivity contribution >= 4 is 40.5 Å². The van der Waals surface area contributed by atoms with E-state index in [1.165, 1.54) is 4.90 Å². The Labute approximate surface area is 281 Å². The van der Waals surface area contributed by atoms with Crippen molar-refractivity contribution in [3.8, 4) is 5.75 Å². The highest BCUT2D eigenvalue weighted by Crippen LogP contribution is 2.48. The van der Waals surface area contributed by atoms with Gasteiger partial charge in [0.15, 0.2) is 0 Å². The number of carbonyl (C=O) groups excluding carboxylic acids is 2. The van der Waals surface area contributed by atoms with Crippen LogP contribution in [0.3, 0.4) is 0 Å². The molecule has 0 spiro atoms. The van der Waals surface area contributed by atoms with Crippen molar-refractivity contribution in [1.29, 1.82) is 0 Å². The number of aromatic hydroxyl groups is 1. The molecule has 48 heavy (non-hydrogen) atoms. The van der Waals surface area contributed by atoms with E-state index in [2.05, 4.69) is 12.2 Å². The van der Waals surface area contributed by atoms with Gasteiger partial charge < -0.3 is 20.6 Å². The summed E-state index contributed by atoms with van der Waals surface area (Å²) in [6.07, 6.45) is 3.75. The first-order valence-electron chi connectivity index (χ1n) is 16.7. The van der Waals surface area contributed by atoms with Gasteiger partial charge in [0.25, 0.3) is 0 Å². The van der Waals surface area contributed by atoms with E-state index in [1.807, 2.05) is 91.0 Å². The lowest BCUT2D eigenvalue weighted by molar-refractivity contribution is -0.123. The van der Waals surface area contributed by atoms with Crippen LogP contribution in [-0.4, -0.2) is 39.8 Å². The SMILES string of the molecule is CCCC1=C([C@H](O)CC/C(=C/c2ccccc2O)c2ccccc2)[C@H](CO)[C@@H]2C(=O)N(c3ccc(Nc4ccccc4)cc3)C(=O)[C@@H]2C1. The molecule has 6 rings (SSSR count). The molecule has 4 aromatic carbocycles. The number of allylic oxidation sites excluding steroid dienone is 2. The number of nitrogens with one attached hydrogen (secondary N) is 1. The molecule has 1 fully saturated rings. The van der Waals surface area contributed by atoms with Gasteiger partial charge in [-0.2, -0.15) is 0 Å². The van der Waals surface area contributed by atoms with Crippen LogP contribution in [0.5, 0.6) is 5.75 Å². The molecule has 4 aromatic rings. The second kappa shape index (κ2) is 14.8. The van der Waals surface area contributed by atoms with Crippen LogP contribution in [0.4, 0.5) is 17.1 Å². The Morgan fingerprint density at radius 3 is 2.19 bits per heavy atom. The quantitative estimate of drug-likeness (QED) is 0.0715. The first-order valence-corrected chi connectivity index (χ1v) is 16.7. The Bertz CT molecular complexity index is 1800. The van der Waals surface area contributed by atoms with Gasteiger partial charge in [0.1, 0.15) is 5.75 Å². The van der Waals surface area contributed by atoms with E-state index in [0.717, 1.165) is 34.5 Å². The largest absolute Gasteiger partial charge is 0.507 e. The minimum absolute atomic E-state index is 0.175. The number of aliphatic hydroxyl groups excluding tert-OH is 2. The molecule has 7 heteroatoms. The van der Waals surface area contributed by atoms with Crippen molar-refractivity contribution in [3.05, 3.63) is 131 Å². The fourth-order valence-corrected chi connectivity index (χ4v) is 7.33. The predicted octanol–water partition coefficient (Wildman–Crippen LogP) is 7.73. The molecule has 0 aromatic heterocycles. The Morgan fingerprint density at radius 2 is 1.52 bits per heavy atom. The maximum atomic E-state index is 14.1. The van der Waals surface area contributed by atoms with E-state index < -0.39 is 23.9 Å². The van der Waals surface area contributed by atoms with Crippen LogP contribution in [-0.2, 0) is 9.59 Å². The smallest absolute Gasteiger partial charge is 0.238 e. The number of imide groups is 1. The summed E-state index contributed by atoms with van der Waals surface area (Å²) in [4.78, 5) is 29.2. The lowest BCUT2D eigenvalue weighted by atomic mass is 9.67. The molecule has 0 bridgehead atoms. The van der Waals surface area contributed by atoms with Gasteiger partial charge in [-0.25, -0.2) is 0 Å². The first-order chi connectivity index (χ1) is 23.4. The normalized spacial score (nSPS) is 20.2. The Morgan fingerprint density at radius 1 is 0.875 bits per heavy atom. The molecule has 4 N–H and O–H groups in total. The van der Waals surface area contributed by atoms with Crippen LogP contribution in [0, 0.1) is 17.8 Å². The third kappa shape index (κ3) is 6.84. The van der Waals surface area contributed by atoms with Gasteiger partial charge in [0.05, 0.1) is 30.2 Å². The number of rotatable bonds is 12. The molecule has 2 aliphatic rings. The number of anilines is 3. The minimum atomic E-state index is -0.915. The average Bonchev–Trinajstić information content (AvgIpc) is 3.36. The van der Waals surface area contributed by atoms with Crippen molar-refractivity contribution in [2.24, 2.45) is 17.8 Å². The Kier molecular flexibility index (Phi) is 10.2. The maximum absolute atomic E-state index is 14.1. The Balaban J connectivity index is 1.25. The number of aliphatic hydroxyl groups is 2. The monoisotopic (exact) mass is 642 g/mol. The number of fused-ring (bicyclic) bond motifs is 1. The highest BCUT2D eigenvalue weighted by Gasteiger charge is 2.55. The molecule has 1 aliphatic heterocycles. The van der Waals surface area contributed by atoms with E-state index in [9.17, 15) is 24.9 Å². The molecular weight excluding hydrogens is 600 g/mol. The van der Waals surface area contributed by atoms with Gasteiger partial charge in [0, 0.05) is 22.9 Å². The van der Waals surface area contributed by atoms with Crippen LogP contribution < -0.4 is 10.2 Å². The van der Waals surface area contributed by atoms with Crippen molar-refractivity contribution in [2.45, 2.75) is 45.1 Å². The molecule has 0 unspecified atom stereocenters. The number of nitrogens with zero attached hydrogens (tertiary/aromatic N) is 1. The number of para-hydroxylation sites is 2. The van der Waals surface area contributed by atoms with Gasteiger partial charge in [-0.15, -0.1) is 0 Å². The predicted molar refractivity (Wildman–Crippen MR) is 190 cm³/mol. The summed E-state index contributed by atoms with van der Waals surface area (Å²) in [5, 5.41) is 36.4. The summed E-state index contributed by atoms with van der Waals surface area (Å²) in [6.45, 7) is 1.71. The summed E-state index contributed by atoms with van der Waals surface area (Å²) in [5.41, 5.74) is 6.53. The number of hydrogen-bond acceptors (Lipinski definition) is 6. The van der Waals surface area contributed by atoms with Crippen LogP contribution in [0.2, 0.25) is 0 Å². The van der Waals surface area contributed by atoms with Crippen LogP contribution in [0.15, 0.2) is 120 Å². The number of carbonyl (C=O) groups is 2. The fourth-order valence-electron chi connectivity index (χ4n) is 7.33. The third-order valence-electron chi connectivity index (χ3n) is 9.58. The molecule has 7 nitrogen and oxygen atoms in total. The second-order valence-corrected chi connectivity index (χ2v) is 12.6. The zero-order valence-corrected chi connectivity index (χ0v) is 27.1. The van der Waals surface area contributed by atoms with Crippen LogP contribution in [0.1, 0.15) is 50.2 Å². The summed E-state index contributed by atoms with van der Waals surface area (Å²) in [7, 11) is 0. The van der Waals surface area contributed by atoms with Gasteiger partial charge >= 0.3 is 0 Å². The van der Waals surface area contributed by atoms with Crippen LogP contribution in [0.25, 0.3) is 11.6 Å². The zero-order chi connectivity index (χ0) is 33.6. The van der Waals surface area contributed by atoms with Gasteiger partial charge in [0.2, 0.25) is 11.8 Å². The number of phenolic OH excluding ortho intramolecular Hbond substituents is 1. The molecule has 0 saturated carbocycles. The minimum Gasteiger partial charge on any atom is -0.507 e. The van der Waals surface area contributed by atoms with Crippen molar-refractivity contribution in [2.75, 3.05) is 16.8 Å². The average molecular weight is 643 g/mol. The van der Waals surface area contributed by atoms with E-state index in [0.29, 0.717) is 42.5 Å². The van der Waals surface area contributed by atoms with Crippen molar-refractivity contribution in [3.63, 3.8) is 0 Å². The number of hydrogen-bond donors (Lipinski definition) is 4. The first kappa shape index (κ1) is 32.9. The van der Waals surface area contributed by atoms with Crippen LogP contribution >= 0.6 is 0 Å². The summed E-state index contributed by atoms with van der Waals surface area (Å²) >= 11 is 0. The third-order valence-corrected chi connectivity index (χ3v) is 9.58. The van der Waals surface area contributed by atoms with E-state index >= 15 is 0 Å². The fraction of sp³-hybridized carbons (Fsp3) is 0.268. The van der Waals surface area contributed by atoms with Gasteiger partial charge in [-0.3, -0.25) is 14.5 Å². The topological polar surface area (TPSA) is 110 Å². The molecule has 2 amide bonds. The summed E-state index contributed by atoms with van der Waals surface area (Å²) in [5.74, 6) is -2.42. The van der Waals surface area contributed by atoms with Gasteiger partial charge in [-0.1, -0.05) is 85.6 Å². The summed E-state index contributed by atoms with van der Waals surface area (Å²) in [6, 6.07) is 34.0. The standard InChI is InChI=1S/C41H42N2O5/c1-2-11-30-25-34-39(41(48)43(40(34)47)33-21-19-32(20-22-33)42-31-15-7-4-8-16-31)35(26-44)38(30)37(46)23-18-28(27-12-5-3-6-13-27)24-29-14-9-10-17-36(29)45/h3-10,12-17,19-22,24,34-35,37,39,42,44-46H,2,11,18,23,25-26H2,1H3/b28-24-/t34-,35+,37-,39-/m1/s1. The molecule has 246 valence electrons. The van der Waals surface area contributed by atoms with E-state index in [1.54, 1.807) is 24.3 Å². The Hall–Kier alpha value is -4.98. The maximum Gasteiger partial charge on any atom is 0.238 e. The number of amides is 2. The summed E-state index contributed by atoms with van der Waals surface area (Å²) < 4.78 is 0. The van der Waals surface area contributed by atoms with Gasteiger partial charge in [-0.05, 0) is 90.9 Å². The lowest BCUT2D eigenvalue weighted by Gasteiger charge is -2.36. The molecule has 1 aliphatic carbocycles. The molecule has 4 atom stereocenters. The second-order valence-electron chi connectivity index (χ2n) is 12.6. The lowest BCUT2D eigenvalue weighted by Crippen LogP contribution is -2.39. The van der Waals surface area contributed by atoms with Crippen molar-refractivity contribution < 1.29 is 24.9 Å². The molecule has 1 saturated heterocycles. The van der Waals surface area contributed by atoms with Crippen molar-refractivity contribution in [1.82, 2.24) is 0 Å².